The number of halogens is 1. The van der Waals surface area contributed by atoms with Crippen LogP contribution in [0.5, 0.6) is 0 Å². The van der Waals surface area contributed by atoms with Crippen LogP contribution < -0.4 is 5.32 Å². The molecule has 5 heteroatoms. The van der Waals surface area contributed by atoms with E-state index in [0.717, 1.165) is 43.6 Å². The lowest BCUT2D eigenvalue weighted by atomic mass is 9.90. The third kappa shape index (κ3) is 5.00. The normalized spacial score (nSPS) is 23.5. The zero-order valence-corrected chi connectivity index (χ0v) is 17.7. The van der Waals surface area contributed by atoms with Crippen molar-refractivity contribution in [3.8, 4) is 6.07 Å². The second-order valence-electron chi connectivity index (χ2n) is 8.86. The number of fused-ring (bicyclic) bond motifs is 2. The smallest absolute Gasteiger partial charge is 0.123 e. The molecule has 0 radical (unpaired) electrons. The lowest BCUT2D eigenvalue weighted by molar-refractivity contribution is 0.0579. The number of nitriles is 1. The molecule has 158 valence electrons. The maximum atomic E-state index is 13.2. The van der Waals surface area contributed by atoms with Gasteiger partial charge in [-0.2, -0.15) is 5.26 Å². The lowest BCUT2D eigenvalue weighted by Crippen LogP contribution is -2.51. The summed E-state index contributed by atoms with van der Waals surface area (Å²) in [5.41, 5.74) is 2.97. The fourth-order valence-corrected chi connectivity index (χ4v) is 5.37. The average molecular weight is 407 g/mol. The van der Waals surface area contributed by atoms with Crippen LogP contribution >= 0.6 is 0 Å². The standard InChI is InChI=1S/C25H31FN4/c1-29(16-20-3-9-23(26)10-4-20)25-21-7-8-22(25)18-30(17-21)14-2-13-28-24-11-5-19(15-27)6-12-24/h3-6,9-12,21-22,25,28H,2,7-8,13-14,16-18H2,1H3. The number of piperidine rings is 1. The molecule has 2 aromatic rings. The molecule has 1 aliphatic carbocycles. The first-order valence-electron chi connectivity index (χ1n) is 11.0. The Morgan fingerprint density at radius 3 is 2.37 bits per heavy atom. The van der Waals surface area contributed by atoms with Crippen LogP contribution in [-0.4, -0.2) is 49.1 Å². The molecule has 1 saturated heterocycles. The third-order valence-corrected chi connectivity index (χ3v) is 6.71. The zero-order chi connectivity index (χ0) is 20.9. The molecule has 0 amide bonds. The fraction of sp³-hybridized carbons (Fsp3) is 0.480. The largest absolute Gasteiger partial charge is 0.385 e. The van der Waals surface area contributed by atoms with Gasteiger partial charge in [0.05, 0.1) is 11.6 Å². The van der Waals surface area contributed by atoms with E-state index in [0.29, 0.717) is 11.6 Å². The predicted octanol–water partition coefficient (Wildman–Crippen LogP) is 4.34. The van der Waals surface area contributed by atoms with E-state index in [1.807, 2.05) is 36.4 Å². The van der Waals surface area contributed by atoms with Crippen LogP contribution in [0.2, 0.25) is 0 Å². The number of hydrogen-bond acceptors (Lipinski definition) is 4. The molecule has 1 N–H and O–H groups in total. The molecule has 4 rings (SSSR count). The minimum Gasteiger partial charge on any atom is -0.385 e. The van der Waals surface area contributed by atoms with Gasteiger partial charge in [0.15, 0.2) is 0 Å². The van der Waals surface area contributed by atoms with Crippen molar-refractivity contribution in [2.75, 3.05) is 38.5 Å². The van der Waals surface area contributed by atoms with Crippen LogP contribution in [0, 0.1) is 29.0 Å². The third-order valence-electron chi connectivity index (χ3n) is 6.71. The minimum absolute atomic E-state index is 0.163. The second kappa shape index (κ2) is 9.59. The molecule has 2 bridgehead atoms. The molecule has 2 unspecified atom stereocenters. The average Bonchev–Trinajstić information content (AvgIpc) is 3.04. The number of likely N-dealkylation sites (tertiary alicyclic amines) is 1. The molecule has 1 saturated carbocycles. The first-order chi connectivity index (χ1) is 14.6. The maximum Gasteiger partial charge on any atom is 0.123 e. The van der Waals surface area contributed by atoms with Gasteiger partial charge in [-0.15, -0.1) is 0 Å². The minimum atomic E-state index is -0.163. The molecule has 1 aliphatic heterocycles. The molecular formula is C25H31FN4. The van der Waals surface area contributed by atoms with E-state index in [1.54, 1.807) is 12.1 Å². The van der Waals surface area contributed by atoms with Gasteiger partial charge in [0, 0.05) is 37.9 Å². The van der Waals surface area contributed by atoms with Gasteiger partial charge >= 0.3 is 0 Å². The van der Waals surface area contributed by atoms with Crippen LogP contribution in [0.1, 0.15) is 30.4 Å². The first kappa shape index (κ1) is 20.8. The lowest BCUT2D eigenvalue weighted by Gasteiger charge is -2.42. The van der Waals surface area contributed by atoms with Crippen LogP contribution in [0.25, 0.3) is 0 Å². The van der Waals surface area contributed by atoms with Crippen LogP contribution in [0.3, 0.4) is 0 Å². The maximum absolute atomic E-state index is 13.2. The van der Waals surface area contributed by atoms with Crippen LogP contribution in [-0.2, 0) is 6.54 Å². The topological polar surface area (TPSA) is 42.3 Å². The molecule has 2 atom stereocenters. The SMILES string of the molecule is CN(Cc1ccc(F)cc1)C1C2CCC1CN(CCCNc1ccc(C#N)cc1)C2. The van der Waals surface area contributed by atoms with E-state index < -0.39 is 0 Å². The van der Waals surface area contributed by atoms with Crippen molar-refractivity contribution in [3.63, 3.8) is 0 Å². The van der Waals surface area contributed by atoms with Crippen molar-refractivity contribution in [2.45, 2.75) is 31.8 Å². The van der Waals surface area contributed by atoms with Crippen molar-refractivity contribution in [1.82, 2.24) is 9.80 Å². The highest BCUT2D eigenvalue weighted by Crippen LogP contribution is 2.40. The quantitative estimate of drug-likeness (QED) is 0.662. The molecule has 2 fully saturated rings. The Labute approximate surface area is 179 Å². The number of benzene rings is 2. The predicted molar refractivity (Wildman–Crippen MR) is 119 cm³/mol. The van der Waals surface area contributed by atoms with E-state index in [1.165, 1.54) is 31.5 Å². The van der Waals surface area contributed by atoms with Gasteiger partial charge in [-0.05, 0) is 86.7 Å². The molecule has 30 heavy (non-hydrogen) atoms. The summed E-state index contributed by atoms with van der Waals surface area (Å²) in [6.45, 7) is 5.35. The van der Waals surface area contributed by atoms with Crippen LogP contribution in [0.4, 0.5) is 10.1 Å². The Kier molecular flexibility index (Phi) is 6.66. The van der Waals surface area contributed by atoms with Gasteiger partial charge < -0.3 is 10.2 Å². The molecule has 2 aliphatic rings. The molecule has 0 spiro atoms. The fourth-order valence-electron chi connectivity index (χ4n) is 5.37. The number of nitrogens with one attached hydrogen (secondary N) is 1. The number of nitrogens with zero attached hydrogens (tertiary/aromatic N) is 3. The molecular weight excluding hydrogens is 375 g/mol. The zero-order valence-electron chi connectivity index (χ0n) is 17.7. The van der Waals surface area contributed by atoms with E-state index in [2.05, 4.69) is 28.2 Å². The molecule has 0 aromatic heterocycles. The Balaban J connectivity index is 1.22. The second-order valence-corrected chi connectivity index (χ2v) is 8.86. The first-order valence-corrected chi connectivity index (χ1v) is 11.0. The van der Waals surface area contributed by atoms with Gasteiger partial charge in [-0.25, -0.2) is 4.39 Å². The van der Waals surface area contributed by atoms with Gasteiger partial charge in [0.1, 0.15) is 5.82 Å². The van der Waals surface area contributed by atoms with Crippen molar-refractivity contribution in [2.24, 2.45) is 11.8 Å². The van der Waals surface area contributed by atoms with Crippen molar-refractivity contribution >= 4 is 5.69 Å². The Morgan fingerprint density at radius 2 is 1.73 bits per heavy atom. The van der Waals surface area contributed by atoms with Gasteiger partial charge in [0.2, 0.25) is 0 Å². The summed E-state index contributed by atoms with van der Waals surface area (Å²) in [7, 11) is 2.23. The summed E-state index contributed by atoms with van der Waals surface area (Å²) in [5, 5.41) is 12.3. The molecule has 1 heterocycles. The summed E-state index contributed by atoms with van der Waals surface area (Å²) < 4.78 is 13.2. The Hall–Kier alpha value is -2.42. The van der Waals surface area contributed by atoms with E-state index in [-0.39, 0.29) is 5.82 Å². The molecule has 4 nitrogen and oxygen atoms in total. The summed E-state index contributed by atoms with van der Waals surface area (Å²) in [6, 6.07) is 17.4. The van der Waals surface area contributed by atoms with Crippen molar-refractivity contribution in [3.05, 3.63) is 65.5 Å². The van der Waals surface area contributed by atoms with E-state index >= 15 is 0 Å². The summed E-state index contributed by atoms with van der Waals surface area (Å²) in [5.74, 6) is 1.31. The van der Waals surface area contributed by atoms with Crippen LogP contribution in [0.15, 0.2) is 48.5 Å². The van der Waals surface area contributed by atoms with Gasteiger partial charge in [-0.1, -0.05) is 12.1 Å². The summed E-state index contributed by atoms with van der Waals surface area (Å²) in [6.07, 6.45) is 3.77. The Bertz CT molecular complexity index is 844. The van der Waals surface area contributed by atoms with Gasteiger partial charge in [0.25, 0.3) is 0 Å². The van der Waals surface area contributed by atoms with E-state index in [9.17, 15) is 4.39 Å². The van der Waals surface area contributed by atoms with Crippen molar-refractivity contribution < 1.29 is 4.39 Å². The number of rotatable bonds is 8. The van der Waals surface area contributed by atoms with Crippen molar-refractivity contribution in [1.29, 1.82) is 5.26 Å². The monoisotopic (exact) mass is 406 g/mol. The van der Waals surface area contributed by atoms with E-state index in [4.69, 9.17) is 5.26 Å². The number of hydrogen-bond donors (Lipinski definition) is 1. The Morgan fingerprint density at radius 1 is 1.07 bits per heavy atom. The highest BCUT2D eigenvalue weighted by atomic mass is 19.1. The van der Waals surface area contributed by atoms with Gasteiger partial charge in [-0.3, -0.25) is 4.90 Å². The highest BCUT2D eigenvalue weighted by Gasteiger charge is 2.43. The summed E-state index contributed by atoms with van der Waals surface area (Å²) in [4.78, 5) is 5.14. The molecule has 2 aromatic carbocycles. The number of anilines is 1. The summed E-state index contributed by atoms with van der Waals surface area (Å²) >= 11 is 0. The highest BCUT2D eigenvalue weighted by molar-refractivity contribution is 5.47.